The van der Waals surface area contributed by atoms with E-state index in [9.17, 15) is 0 Å². The van der Waals surface area contributed by atoms with E-state index in [0.29, 0.717) is 6.79 Å². The summed E-state index contributed by atoms with van der Waals surface area (Å²) in [5.74, 6) is 2.52. The smallest absolute Gasteiger partial charge is 0.231 e. The molecule has 3 rings (SSSR count). The zero-order valence-corrected chi connectivity index (χ0v) is 12.3. The minimum atomic E-state index is 0.265. The van der Waals surface area contributed by atoms with Gasteiger partial charge in [0.05, 0.1) is 7.11 Å². The van der Waals surface area contributed by atoms with Crippen LogP contribution in [0.3, 0.4) is 0 Å². The van der Waals surface area contributed by atoms with Gasteiger partial charge in [-0.1, -0.05) is 18.2 Å². The number of benzene rings is 2. The van der Waals surface area contributed by atoms with Crippen LogP contribution < -0.4 is 19.5 Å². The van der Waals surface area contributed by atoms with Gasteiger partial charge in [0.2, 0.25) is 6.79 Å². The quantitative estimate of drug-likeness (QED) is 0.915. The van der Waals surface area contributed by atoms with Crippen LogP contribution in [0.2, 0.25) is 0 Å². The van der Waals surface area contributed by atoms with Crippen LogP contribution in [0.1, 0.15) is 24.1 Å². The number of ether oxygens (including phenoxy) is 3. The minimum absolute atomic E-state index is 0.265. The van der Waals surface area contributed by atoms with Gasteiger partial charge in [0, 0.05) is 12.6 Å². The summed E-state index contributed by atoms with van der Waals surface area (Å²) in [6.45, 7) is 3.24. The van der Waals surface area contributed by atoms with Crippen LogP contribution in [0.4, 0.5) is 0 Å². The van der Waals surface area contributed by atoms with E-state index in [0.717, 1.165) is 23.8 Å². The third kappa shape index (κ3) is 3.11. The summed E-state index contributed by atoms with van der Waals surface area (Å²) in [7, 11) is 1.68. The largest absolute Gasteiger partial charge is 0.497 e. The van der Waals surface area contributed by atoms with E-state index < -0.39 is 0 Å². The van der Waals surface area contributed by atoms with E-state index in [1.54, 1.807) is 7.11 Å². The fourth-order valence-corrected chi connectivity index (χ4v) is 2.33. The maximum Gasteiger partial charge on any atom is 0.231 e. The maximum absolute atomic E-state index is 5.39. The molecular weight excluding hydrogens is 266 g/mol. The van der Waals surface area contributed by atoms with Crippen molar-refractivity contribution in [3.8, 4) is 17.2 Å². The first-order chi connectivity index (χ1) is 10.3. The van der Waals surface area contributed by atoms with Crippen LogP contribution in [-0.4, -0.2) is 13.9 Å². The number of methoxy groups -OCH3 is 1. The maximum atomic E-state index is 5.39. The number of hydrogen-bond acceptors (Lipinski definition) is 4. The molecule has 0 radical (unpaired) electrons. The van der Waals surface area contributed by atoms with E-state index in [4.69, 9.17) is 14.2 Å². The van der Waals surface area contributed by atoms with Gasteiger partial charge in [0.25, 0.3) is 0 Å². The highest BCUT2D eigenvalue weighted by Crippen LogP contribution is 2.32. The summed E-state index contributed by atoms with van der Waals surface area (Å²) in [6, 6.07) is 14.4. The lowest BCUT2D eigenvalue weighted by molar-refractivity contribution is 0.174. The van der Waals surface area contributed by atoms with Gasteiger partial charge in [-0.05, 0) is 42.3 Å². The highest BCUT2D eigenvalue weighted by molar-refractivity contribution is 5.44. The first-order valence-corrected chi connectivity index (χ1v) is 7.02. The Morgan fingerprint density at radius 3 is 2.62 bits per heavy atom. The predicted molar refractivity (Wildman–Crippen MR) is 80.8 cm³/mol. The van der Waals surface area contributed by atoms with E-state index in [1.807, 2.05) is 24.3 Å². The molecule has 2 aromatic rings. The lowest BCUT2D eigenvalue weighted by Crippen LogP contribution is -2.17. The lowest BCUT2D eigenvalue weighted by Gasteiger charge is -2.15. The van der Waals surface area contributed by atoms with Gasteiger partial charge in [-0.2, -0.15) is 0 Å². The van der Waals surface area contributed by atoms with Crippen molar-refractivity contribution in [2.75, 3.05) is 13.9 Å². The number of rotatable bonds is 5. The molecule has 1 N–H and O–H groups in total. The molecule has 110 valence electrons. The summed E-state index contributed by atoms with van der Waals surface area (Å²) in [4.78, 5) is 0. The van der Waals surface area contributed by atoms with Gasteiger partial charge in [0.15, 0.2) is 11.5 Å². The molecule has 1 unspecified atom stereocenters. The summed E-state index contributed by atoms with van der Waals surface area (Å²) in [5.41, 5.74) is 2.41. The number of fused-ring (bicyclic) bond motifs is 1. The molecule has 4 heteroatoms. The summed E-state index contributed by atoms with van der Waals surface area (Å²) < 4.78 is 15.9. The molecule has 1 atom stereocenters. The van der Waals surface area contributed by atoms with E-state index >= 15 is 0 Å². The van der Waals surface area contributed by atoms with E-state index in [1.165, 1.54) is 11.1 Å². The Morgan fingerprint density at radius 2 is 1.86 bits per heavy atom. The fourth-order valence-electron chi connectivity index (χ4n) is 2.33. The van der Waals surface area contributed by atoms with Crippen LogP contribution in [-0.2, 0) is 6.54 Å². The molecule has 1 aliphatic heterocycles. The van der Waals surface area contributed by atoms with Crippen molar-refractivity contribution in [1.82, 2.24) is 5.32 Å². The van der Waals surface area contributed by atoms with Crippen molar-refractivity contribution < 1.29 is 14.2 Å². The van der Waals surface area contributed by atoms with Crippen molar-refractivity contribution in [1.29, 1.82) is 0 Å². The highest BCUT2D eigenvalue weighted by atomic mass is 16.7. The molecule has 0 aromatic heterocycles. The monoisotopic (exact) mass is 285 g/mol. The van der Waals surface area contributed by atoms with E-state index in [-0.39, 0.29) is 6.04 Å². The summed E-state index contributed by atoms with van der Waals surface area (Å²) >= 11 is 0. The zero-order chi connectivity index (χ0) is 14.7. The van der Waals surface area contributed by atoms with Crippen LogP contribution >= 0.6 is 0 Å². The average molecular weight is 285 g/mol. The standard InChI is InChI=1S/C17H19NO3/c1-12(14-4-6-15(19-2)7-5-14)18-10-13-3-8-16-17(9-13)21-11-20-16/h3-9,12,18H,10-11H2,1-2H3. The SMILES string of the molecule is COc1ccc(C(C)NCc2ccc3c(c2)OCO3)cc1. The summed E-state index contributed by atoms with van der Waals surface area (Å²) in [5, 5.41) is 3.51. The molecule has 1 aliphatic rings. The van der Waals surface area contributed by atoms with Crippen molar-refractivity contribution in [2.24, 2.45) is 0 Å². The first kappa shape index (κ1) is 13.8. The Labute approximate surface area is 124 Å². The Bertz CT molecular complexity index is 610. The fraction of sp³-hybridized carbons (Fsp3) is 0.294. The van der Waals surface area contributed by atoms with Gasteiger partial charge < -0.3 is 19.5 Å². The summed E-state index contributed by atoms with van der Waals surface area (Å²) in [6.07, 6.45) is 0. The van der Waals surface area contributed by atoms with Gasteiger partial charge in [-0.3, -0.25) is 0 Å². The zero-order valence-electron chi connectivity index (χ0n) is 12.3. The second-order valence-corrected chi connectivity index (χ2v) is 5.06. The third-order valence-corrected chi connectivity index (χ3v) is 3.67. The van der Waals surface area contributed by atoms with Crippen molar-refractivity contribution in [2.45, 2.75) is 19.5 Å². The van der Waals surface area contributed by atoms with Gasteiger partial charge in [-0.15, -0.1) is 0 Å². The Kier molecular flexibility index (Phi) is 3.97. The molecule has 21 heavy (non-hydrogen) atoms. The molecule has 0 spiro atoms. The van der Waals surface area contributed by atoms with Crippen molar-refractivity contribution >= 4 is 0 Å². The normalized spacial score (nSPS) is 14.0. The molecule has 0 saturated carbocycles. The third-order valence-electron chi connectivity index (χ3n) is 3.67. The van der Waals surface area contributed by atoms with Gasteiger partial charge in [0.1, 0.15) is 5.75 Å². The molecule has 0 amide bonds. The molecule has 0 bridgehead atoms. The van der Waals surface area contributed by atoms with Gasteiger partial charge >= 0.3 is 0 Å². The second kappa shape index (κ2) is 6.06. The molecule has 2 aromatic carbocycles. The van der Waals surface area contributed by atoms with Gasteiger partial charge in [-0.25, -0.2) is 0 Å². The Balaban J connectivity index is 1.61. The topological polar surface area (TPSA) is 39.7 Å². The number of nitrogens with one attached hydrogen (secondary N) is 1. The Hall–Kier alpha value is -2.20. The second-order valence-electron chi connectivity index (χ2n) is 5.06. The Morgan fingerprint density at radius 1 is 1.10 bits per heavy atom. The van der Waals surface area contributed by atoms with Crippen LogP contribution in [0.25, 0.3) is 0 Å². The first-order valence-electron chi connectivity index (χ1n) is 7.02. The molecule has 0 saturated heterocycles. The van der Waals surface area contributed by atoms with E-state index in [2.05, 4.69) is 30.4 Å². The van der Waals surface area contributed by atoms with Crippen molar-refractivity contribution in [3.63, 3.8) is 0 Å². The van der Waals surface area contributed by atoms with Crippen molar-refractivity contribution in [3.05, 3.63) is 53.6 Å². The molecular formula is C17H19NO3. The van der Waals surface area contributed by atoms with Crippen LogP contribution in [0, 0.1) is 0 Å². The minimum Gasteiger partial charge on any atom is -0.497 e. The average Bonchev–Trinajstić information content (AvgIpc) is 3.00. The van der Waals surface area contributed by atoms with Crippen LogP contribution in [0.5, 0.6) is 17.2 Å². The van der Waals surface area contributed by atoms with Crippen LogP contribution in [0.15, 0.2) is 42.5 Å². The number of hydrogen-bond donors (Lipinski definition) is 1. The molecule has 1 heterocycles. The lowest BCUT2D eigenvalue weighted by atomic mass is 10.1. The molecule has 0 aliphatic carbocycles. The highest BCUT2D eigenvalue weighted by Gasteiger charge is 2.13. The molecule has 4 nitrogen and oxygen atoms in total. The predicted octanol–water partition coefficient (Wildman–Crippen LogP) is 3.27. The molecule has 0 fully saturated rings.